The fraction of sp³-hybridized carbons (Fsp3) is 0.320. The molecule has 2 aromatic carbocycles. The van der Waals surface area contributed by atoms with Crippen molar-refractivity contribution in [2.75, 3.05) is 0 Å². The molecule has 0 unspecified atom stereocenters. The Morgan fingerprint density at radius 1 is 1.07 bits per heavy atom. The molecule has 3 rings (SSSR count). The number of H-pyrrole nitrogens is 1. The number of fused-ring (bicyclic) bond motifs is 1. The molecular formula is C25H27N3O2. The van der Waals surface area contributed by atoms with Crippen molar-refractivity contribution in [3.05, 3.63) is 69.3 Å². The predicted octanol–water partition coefficient (Wildman–Crippen LogP) is 5.29. The molecule has 0 spiro atoms. The Labute approximate surface area is 176 Å². The SMILES string of the molecule is CC(C)(C)c1cc(/C=C(\C#N)c2nc3ccccc3c(=O)[nH]2)cc(C(C)(C)C)c1O. The van der Waals surface area contributed by atoms with Crippen molar-refractivity contribution in [1.29, 1.82) is 5.26 Å². The van der Waals surface area contributed by atoms with Crippen LogP contribution in [0.1, 0.15) is 64.1 Å². The van der Waals surface area contributed by atoms with E-state index in [0.29, 0.717) is 10.9 Å². The van der Waals surface area contributed by atoms with Crippen molar-refractivity contribution in [1.82, 2.24) is 9.97 Å². The Morgan fingerprint density at radius 3 is 2.17 bits per heavy atom. The molecule has 0 aliphatic rings. The van der Waals surface area contributed by atoms with E-state index in [1.54, 1.807) is 30.3 Å². The van der Waals surface area contributed by atoms with Crippen LogP contribution in [0.15, 0.2) is 41.2 Å². The lowest BCUT2D eigenvalue weighted by Crippen LogP contribution is -2.17. The second kappa shape index (κ2) is 7.46. The maximum Gasteiger partial charge on any atom is 0.259 e. The number of aromatic nitrogens is 2. The van der Waals surface area contributed by atoms with Gasteiger partial charge in [0.1, 0.15) is 11.8 Å². The number of phenols is 1. The fourth-order valence-corrected chi connectivity index (χ4v) is 3.42. The summed E-state index contributed by atoms with van der Waals surface area (Å²) in [6.07, 6.45) is 1.71. The van der Waals surface area contributed by atoms with Gasteiger partial charge in [0.05, 0.1) is 16.5 Å². The van der Waals surface area contributed by atoms with E-state index < -0.39 is 0 Å². The molecule has 0 saturated heterocycles. The third-order valence-electron chi connectivity index (χ3n) is 5.05. The summed E-state index contributed by atoms with van der Waals surface area (Å²) >= 11 is 0. The van der Waals surface area contributed by atoms with Crippen LogP contribution in [0, 0.1) is 11.3 Å². The smallest absolute Gasteiger partial charge is 0.259 e. The van der Waals surface area contributed by atoms with E-state index in [4.69, 9.17) is 0 Å². The number of nitrogens with one attached hydrogen (secondary N) is 1. The first-order chi connectivity index (χ1) is 13.9. The molecule has 0 amide bonds. The Hall–Kier alpha value is -3.39. The molecule has 0 radical (unpaired) electrons. The molecule has 30 heavy (non-hydrogen) atoms. The minimum absolute atomic E-state index is 0.226. The minimum atomic E-state index is -0.284. The quantitative estimate of drug-likeness (QED) is 0.571. The number of allylic oxidation sites excluding steroid dienone is 1. The van der Waals surface area contributed by atoms with Crippen LogP contribution in [0.2, 0.25) is 0 Å². The highest BCUT2D eigenvalue weighted by atomic mass is 16.3. The lowest BCUT2D eigenvalue weighted by molar-refractivity contribution is 0.423. The number of para-hydroxylation sites is 1. The normalized spacial score (nSPS) is 12.8. The lowest BCUT2D eigenvalue weighted by atomic mass is 9.78. The van der Waals surface area contributed by atoms with Crippen molar-refractivity contribution in [2.45, 2.75) is 52.4 Å². The predicted molar refractivity (Wildman–Crippen MR) is 121 cm³/mol. The highest BCUT2D eigenvalue weighted by Crippen LogP contribution is 2.40. The molecule has 1 heterocycles. The lowest BCUT2D eigenvalue weighted by Gasteiger charge is -2.28. The summed E-state index contributed by atoms with van der Waals surface area (Å²) < 4.78 is 0. The summed E-state index contributed by atoms with van der Waals surface area (Å²) in [6, 6.07) is 13.0. The summed E-state index contributed by atoms with van der Waals surface area (Å²) in [7, 11) is 0. The molecule has 2 N–H and O–H groups in total. The zero-order valence-corrected chi connectivity index (χ0v) is 18.3. The molecule has 0 fully saturated rings. The van der Waals surface area contributed by atoms with Crippen LogP contribution in [0.5, 0.6) is 5.75 Å². The van der Waals surface area contributed by atoms with Gasteiger partial charge >= 0.3 is 0 Å². The summed E-state index contributed by atoms with van der Waals surface area (Å²) in [5.41, 5.74) is 2.32. The maximum absolute atomic E-state index is 12.4. The van der Waals surface area contributed by atoms with Gasteiger partial charge in [-0.2, -0.15) is 5.26 Å². The van der Waals surface area contributed by atoms with E-state index in [2.05, 4.69) is 16.0 Å². The van der Waals surface area contributed by atoms with Crippen molar-refractivity contribution in [2.24, 2.45) is 0 Å². The highest BCUT2D eigenvalue weighted by molar-refractivity contribution is 5.89. The number of rotatable bonds is 2. The van der Waals surface area contributed by atoms with Gasteiger partial charge in [0.15, 0.2) is 5.82 Å². The number of nitriles is 1. The van der Waals surface area contributed by atoms with Crippen LogP contribution in [0.3, 0.4) is 0 Å². The number of nitrogens with zero attached hydrogens (tertiary/aromatic N) is 2. The third kappa shape index (κ3) is 4.13. The first-order valence-electron chi connectivity index (χ1n) is 9.91. The molecule has 3 aromatic rings. The van der Waals surface area contributed by atoms with E-state index >= 15 is 0 Å². The second-order valence-electron chi connectivity index (χ2n) is 9.57. The molecule has 0 saturated carbocycles. The average molecular weight is 402 g/mol. The summed E-state index contributed by atoms with van der Waals surface area (Å²) in [6.45, 7) is 12.2. The van der Waals surface area contributed by atoms with E-state index in [-0.39, 0.29) is 33.5 Å². The van der Waals surface area contributed by atoms with Gasteiger partial charge in [0.2, 0.25) is 0 Å². The highest BCUT2D eigenvalue weighted by Gasteiger charge is 2.26. The first-order valence-corrected chi connectivity index (χ1v) is 9.91. The summed E-state index contributed by atoms with van der Waals surface area (Å²) in [4.78, 5) is 19.6. The van der Waals surface area contributed by atoms with Gasteiger partial charge in [-0.1, -0.05) is 53.7 Å². The van der Waals surface area contributed by atoms with Crippen LogP contribution in [-0.4, -0.2) is 15.1 Å². The summed E-state index contributed by atoms with van der Waals surface area (Å²) in [5, 5.41) is 21.2. The molecule has 0 aliphatic heterocycles. The fourth-order valence-electron chi connectivity index (χ4n) is 3.42. The van der Waals surface area contributed by atoms with Gasteiger partial charge in [-0.15, -0.1) is 0 Å². The van der Waals surface area contributed by atoms with Gasteiger partial charge in [-0.25, -0.2) is 4.98 Å². The molecular weight excluding hydrogens is 374 g/mol. The molecule has 5 nitrogen and oxygen atoms in total. The Kier molecular flexibility index (Phi) is 5.30. The van der Waals surface area contributed by atoms with E-state index in [1.807, 2.05) is 53.7 Å². The maximum atomic E-state index is 12.4. The number of phenolic OH excluding ortho intramolecular Hbond substituents is 1. The molecule has 0 bridgehead atoms. The molecule has 154 valence electrons. The van der Waals surface area contributed by atoms with Crippen molar-refractivity contribution in [3.63, 3.8) is 0 Å². The van der Waals surface area contributed by atoms with Gasteiger partial charge in [-0.3, -0.25) is 4.79 Å². The van der Waals surface area contributed by atoms with Gasteiger partial charge in [0, 0.05) is 11.1 Å². The van der Waals surface area contributed by atoms with Crippen LogP contribution in [-0.2, 0) is 10.8 Å². The van der Waals surface area contributed by atoms with Gasteiger partial charge in [-0.05, 0) is 46.7 Å². The van der Waals surface area contributed by atoms with Gasteiger partial charge < -0.3 is 10.1 Å². The first kappa shape index (κ1) is 21.3. The Bertz CT molecular complexity index is 1210. The van der Waals surface area contributed by atoms with Crippen LogP contribution >= 0.6 is 0 Å². The number of hydrogen-bond donors (Lipinski definition) is 2. The van der Waals surface area contributed by atoms with E-state index in [0.717, 1.165) is 16.7 Å². The molecule has 0 atom stereocenters. The largest absolute Gasteiger partial charge is 0.507 e. The zero-order valence-electron chi connectivity index (χ0n) is 18.3. The van der Waals surface area contributed by atoms with Crippen molar-refractivity contribution < 1.29 is 5.11 Å². The van der Waals surface area contributed by atoms with Crippen LogP contribution in [0.4, 0.5) is 0 Å². The average Bonchev–Trinajstić information content (AvgIpc) is 2.65. The number of aromatic hydroxyl groups is 1. The summed E-state index contributed by atoms with van der Waals surface area (Å²) in [5.74, 6) is 0.506. The molecule has 1 aromatic heterocycles. The van der Waals surface area contributed by atoms with E-state index in [9.17, 15) is 15.2 Å². The molecule has 0 aliphatic carbocycles. The minimum Gasteiger partial charge on any atom is -0.507 e. The topological polar surface area (TPSA) is 89.8 Å². The zero-order chi connectivity index (χ0) is 22.3. The van der Waals surface area contributed by atoms with Crippen molar-refractivity contribution in [3.8, 4) is 11.8 Å². The van der Waals surface area contributed by atoms with Crippen molar-refractivity contribution >= 4 is 22.6 Å². The van der Waals surface area contributed by atoms with Gasteiger partial charge in [0.25, 0.3) is 5.56 Å². The Morgan fingerprint density at radius 2 is 1.63 bits per heavy atom. The number of aromatic amines is 1. The number of hydrogen-bond acceptors (Lipinski definition) is 4. The number of benzene rings is 2. The van der Waals surface area contributed by atoms with E-state index in [1.165, 1.54) is 0 Å². The van der Waals surface area contributed by atoms with Crippen LogP contribution in [0.25, 0.3) is 22.6 Å². The Balaban J connectivity index is 2.24. The third-order valence-corrected chi connectivity index (χ3v) is 5.05. The monoisotopic (exact) mass is 401 g/mol. The molecule has 5 heteroatoms. The standard InChI is InChI=1S/C25H27N3O2/c1-24(2,3)18-12-15(13-19(21(18)29)25(4,5)6)11-16(14-26)22-27-20-10-8-7-9-17(20)23(30)28-22/h7-13,29H,1-6H3,(H,27,28,30)/b16-11+. The second-order valence-corrected chi connectivity index (χ2v) is 9.57. The van der Waals surface area contributed by atoms with Crippen LogP contribution < -0.4 is 5.56 Å².